The molecule has 1 aromatic rings. The van der Waals surface area contributed by atoms with Crippen LogP contribution < -0.4 is 15.4 Å². The van der Waals surface area contributed by atoms with E-state index in [4.69, 9.17) is 4.74 Å². The molecule has 5 heteroatoms. The maximum absolute atomic E-state index is 12.6. The first kappa shape index (κ1) is 18.0. The summed E-state index contributed by atoms with van der Waals surface area (Å²) in [6.07, 6.45) is 10.3. The Morgan fingerprint density at radius 2 is 1.82 bits per heavy atom. The van der Waals surface area contributed by atoms with Crippen molar-refractivity contribution in [3.63, 3.8) is 0 Å². The van der Waals surface area contributed by atoms with Crippen molar-refractivity contribution >= 4 is 17.5 Å². The van der Waals surface area contributed by atoms with Crippen LogP contribution in [0.25, 0.3) is 0 Å². The van der Waals surface area contributed by atoms with Crippen LogP contribution in [-0.2, 0) is 16.0 Å². The molecule has 0 radical (unpaired) electrons. The smallest absolute Gasteiger partial charge is 0.224 e. The minimum absolute atomic E-state index is 0.0752. The van der Waals surface area contributed by atoms with Crippen molar-refractivity contribution in [2.24, 2.45) is 17.8 Å². The molecule has 1 aromatic carbocycles. The van der Waals surface area contributed by atoms with Crippen LogP contribution in [0, 0.1) is 17.8 Å². The van der Waals surface area contributed by atoms with E-state index in [0.717, 1.165) is 47.6 Å². The third kappa shape index (κ3) is 3.63. The van der Waals surface area contributed by atoms with E-state index < -0.39 is 0 Å². The third-order valence-electron chi connectivity index (χ3n) is 7.23. The van der Waals surface area contributed by atoms with Gasteiger partial charge in [-0.3, -0.25) is 9.59 Å². The van der Waals surface area contributed by atoms with Crippen LogP contribution >= 0.6 is 0 Å². The van der Waals surface area contributed by atoms with Crippen LogP contribution in [0.4, 0.5) is 5.69 Å². The molecule has 4 bridgehead atoms. The zero-order valence-corrected chi connectivity index (χ0v) is 16.5. The average molecular weight is 383 g/mol. The molecule has 4 aliphatic carbocycles. The molecule has 5 nitrogen and oxygen atoms in total. The summed E-state index contributed by atoms with van der Waals surface area (Å²) in [6.45, 7) is 0.541. The highest BCUT2D eigenvalue weighted by Crippen LogP contribution is 2.55. The number of carbonyl (C=O) groups excluding carboxylic acids is 2. The number of anilines is 1. The van der Waals surface area contributed by atoms with Crippen LogP contribution in [0.2, 0.25) is 0 Å². The van der Waals surface area contributed by atoms with Gasteiger partial charge in [0.05, 0.1) is 6.61 Å². The van der Waals surface area contributed by atoms with E-state index >= 15 is 0 Å². The quantitative estimate of drug-likeness (QED) is 0.735. The standard InChI is InChI=1S/C23H30N2O3/c26-21-6-3-18-11-19(4-5-20(18)24-21)28-7-1-2-22(27)25-23-12-15-8-16(13-23)10-17(9-15)14-23/h4-5,11,15-17H,1-3,6-10,12-14H2,(H,24,26)(H,25,27). The van der Waals surface area contributed by atoms with Gasteiger partial charge >= 0.3 is 0 Å². The topological polar surface area (TPSA) is 67.4 Å². The first-order chi connectivity index (χ1) is 13.6. The largest absolute Gasteiger partial charge is 0.494 e. The maximum atomic E-state index is 12.6. The third-order valence-corrected chi connectivity index (χ3v) is 7.23. The van der Waals surface area contributed by atoms with Crippen LogP contribution in [0.3, 0.4) is 0 Å². The Labute approximate surface area is 166 Å². The van der Waals surface area contributed by atoms with Gasteiger partial charge in [0.2, 0.25) is 11.8 Å². The van der Waals surface area contributed by atoms with E-state index in [9.17, 15) is 9.59 Å². The number of hydrogen-bond donors (Lipinski definition) is 2. The molecular weight excluding hydrogens is 352 g/mol. The molecule has 2 amide bonds. The molecule has 1 heterocycles. The Balaban J connectivity index is 1.08. The fourth-order valence-electron chi connectivity index (χ4n) is 6.49. The van der Waals surface area contributed by atoms with Crippen molar-refractivity contribution in [3.8, 4) is 5.75 Å². The molecule has 6 rings (SSSR count). The van der Waals surface area contributed by atoms with Gasteiger partial charge in [-0.25, -0.2) is 0 Å². The molecule has 1 aliphatic heterocycles. The van der Waals surface area contributed by atoms with Gasteiger partial charge in [-0.2, -0.15) is 0 Å². The SMILES string of the molecule is O=C1CCc2cc(OCCCC(=O)NC34CC5CC(CC(C5)C3)C4)ccc2N1. The van der Waals surface area contributed by atoms with Gasteiger partial charge in [-0.15, -0.1) is 0 Å². The molecule has 4 saturated carbocycles. The van der Waals surface area contributed by atoms with Crippen molar-refractivity contribution in [3.05, 3.63) is 23.8 Å². The molecule has 4 fully saturated rings. The van der Waals surface area contributed by atoms with E-state index in [2.05, 4.69) is 10.6 Å². The van der Waals surface area contributed by atoms with Crippen molar-refractivity contribution in [2.75, 3.05) is 11.9 Å². The van der Waals surface area contributed by atoms with Crippen molar-refractivity contribution < 1.29 is 14.3 Å². The highest BCUT2D eigenvalue weighted by Gasteiger charge is 2.51. The number of ether oxygens (including phenoxy) is 1. The van der Waals surface area contributed by atoms with Gasteiger partial charge in [-0.1, -0.05) is 0 Å². The van der Waals surface area contributed by atoms with E-state index in [1.165, 1.54) is 38.5 Å². The van der Waals surface area contributed by atoms with E-state index in [-0.39, 0.29) is 17.4 Å². The zero-order valence-electron chi connectivity index (χ0n) is 16.5. The Bertz CT molecular complexity index is 753. The first-order valence-electron chi connectivity index (χ1n) is 10.9. The fourth-order valence-corrected chi connectivity index (χ4v) is 6.49. The summed E-state index contributed by atoms with van der Waals surface area (Å²) in [5.74, 6) is 3.64. The number of rotatable bonds is 6. The molecule has 150 valence electrons. The maximum Gasteiger partial charge on any atom is 0.224 e. The van der Waals surface area contributed by atoms with Gasteiger partial charge in [-0.05, 0) is 92.9 Å². The highest BCUT2D eigenvalue weighted by atomic mass is 16.5. The second-order valence-corrected chi connectivity index (χ2v) is 9.57. The van der Waals surface area contributed by atoms with E-state index in [0.29, 0.717) is 19.4 Å². The van der Waals surface area contributed by atoms with Crippen LogP contribution in [0.5, 0.6) is 5.75 Å². The van der Waals surface area contributed by atoms with E-state index in [1.807, 2.05) is 18.2 Å². The van der Waals surface area contributed by atoms with E-state index in [1.54, 1.807) is 0 Å². The lowest BCUT2D eigenvalue weighted by molar-refractivity contribution is -0.127. The number of benzene rings is 1. The summed E-state index contributed by atoms with van der Waals surface area (Å²) in [4.78, 5) is 24.0. The Hall–Kier alpha value is -2.04. The highest BCUT2D eigenvalue weighted by molar-refractivity contribution is 5.94. The summed E-state index contributed by atoms with van der Waals surface area (Å²) in [6, 6.07) is 5.80. The number of nitrogens with one attached hydrogen (secondary N) is 2. The van der Waals surface area contributed by atoms with Crippen LogP contribution in [0.1, 0.15) is 63.4 Å². The Morgan fingerprint density at radius 1 is 1.11 bits per heavy atom. The monoisotopic (exact) mass is 382 g/mol. The van der Waals surface area contributed by atoms with Gasteiger partial charge < -0.3 is 15.4 Å². The average Bonchev–Trinajstić information content (AvgIpc) is 2.64. The lowest BCUT2D eigenvalue weighted by Crippen LogP contribution is -2.59. The van der Waals surface area contributed by atoms with Crippen molar-refractivity contribution in [1.82, 2.24) is 5.32 Å². The molecule has 0 unspecified atom stereocenters. The Kier molecular flexibility index (Phi) is 4.56. The van der Waals surface area contributed by atoms with Gasteiger partial charge in [0.1, 0.15) is 5.75 Å². The molecule has 0 saturated heterocycles. The number of carbonyl (C=O) groups is 2. The van der Waals surface area contributed by atoms with Gasteiger partial charge in [0.25, 0.3) is 0 Å². The predicted octanol–water partition coefficient (Wildman–Crippen LogP) is 3.82. The summed E-state index contributed by atoms with van der Waals surface area (Å²) in [5, 5.41) is 6.32. The predicted molar refractivity (Wildman–Crippen MR) is 107 cm³/mol. The van der Waals surface area contributed by atoms with Crippen molar-refractivity contribution in [1.29, 1.82) is 0 Å². The summed E-state index contributed by atoms with van der Waals surface area (Å²) >= 11 is 0. The minimum atomic E-state index is 0.0752. The second-order valence-electron chi connectivity index (χ2n) is 9.57. The molecule has 5 aliphatic rings. The zero-order chi connectivity index (χ0) is 19.1. The molecule has 0 atom stereocenters. The number of fused-ring (bicyclic) bond motifs is 1. The normalized spacial score (nSPS) is 32.6. The first-order valence-corrected chi connectivity index (χ1v) is 10.9. The van der Waals surface area contributed by atoms with Crippen LogP contribution in [0.15, 0.2) is 18.2 Å². The van der Waals surface area contributed by atoms with Crippen molar-refractivity contribution in [2.45, 2.75) is 69.7 Å². The fraction of sp³-hybridized carbons (Fsp3) is 0.652. The number of hydrogen-bond acceptors (Lipinski definition) is 3. The number of amides is 2. The summed E-state index contributed by atoms with van der Waals surface area (Å²) in [7, 11) is 0. The van der Waals surface area contributed by atoms with Gasteiger partial charge in [0, 0.05) is 24.1 Å². The lowest BCUT2D eigenvalue weighted by Gasteiger charge is -2.56. The summed E-state index contributed by atoms with van der Waals surface area (Å²) < 4.78 is 5.85. The van der Waals surface area contributed by atoms with Crippen LogP contribution in [-0.4, -0.2) is 24.0 Å². The lowest BCUT2D eigenvalue weighted by atomic mass is 9.53. The minimum Gasteiger partial charge on any atom is -0.494 e. The van der Waals surface area contributed by atoms with Gasteiger partial charge in [0.15, 0.2) is 0 Å². The second kappa shape index (κ2) is 7.09. The number of aryl methyl sites for hydroxylation is 1. The Morgan fingerprint density at radius 3 is 2.54 bits per heavy atom. The molecule has 0 aromatic heterocycles. The molecular formula is C23H30N2O3. The molecule has 0 spiro atoms. The summed E-state index contributed by atoms with van der Waals surface area (Å²) in [5.41, 5.74) is 2.12. The molecule has 2 N–H and O–H groups in total. The molecule has 28 heavy (non-hydrogen) atoms.